The van der Waals surface area contributed by atoms with Crippen molar-refractivity contribution in [2.75, 3.05) is 23.9 Å². The molecule has 6 heteroatoms. The summed E-state index contributed by atoms with van der Waals surface area (Å²) in [5, 5.41) is 19.6. The highest BCUT2D eigenvalue weighted by atomic mass is 16.3. The largest absolute Gasteiger partial charge is 0.504 e. The van der Waals surface area contributed by atoms with Gasteiger partial charge in [-0.15, -0.1) is 0 Å². The Labute approximate surface area is 115 Å². The number of hydrogen-bond donors (Lipinski definition) is 3. The minimum Gasteiger partial charge on any atom is -0.504 e. The number of aliphatic hydroxyl groups excluding tert-OH is 1. The lowest BCUT2D eigenvalue weighted by molar-refractivity contribution is 0.111. The number of nitrogens with one attached hydrogen (secondary N) is 1. The first-order chi connectivity index (χ1) is 9.52. The number of aromatic hydroxyl groups is 1. The molecule has 2 heterocycles. The minimum absolute atomic E-state index is 0.0191. The fourth-order valence-electron chi connectivity index (χ4n) is 2.44. The first kappa shape index (κ1) is 12.6. The van der Waals surface area contributed by atoms with E-state index in [9.17, 15) is 15.0 Å². The predicted octanol–water partition coefficient (Wildman–Crippen LogP) is 1.74. The second kappa shape index (κ2) is 4.28. The Morgan fingerprint density at radius 2 is 2.15 bits per heavy atom. The molecule has 1 aromatic heterocycles. The SMILES string of the molecule is CN(c1ccc2c(c1)N(C)C2O)c1[nH]c(C=O)cc1O. The van der Waals surface area contributed by atoms with Crippen molar-refractivity contribution in [1.29, 1.82) is 0 Å². The van der Waals surface area contributed by atoms with Gasteiger partial charge in [-0.05, 0) is 12.1 Å². The number of H-pyrrole nitrogens is 1. The number of fused-ring (bicyclic) bond motifs is 1. The van der Waals surface area contributed by atoms with Gasteiger partial charge in [0.15, 0.2) is 24.1 Å². The summed E-state index contributed by atoms with van der Waals surface area (Å²) in [5.41, 5.74) is 3.00. The highest BCUT2D eigenvalue weighted by Crippen LogP contribution is 2.43. The highest BCUT2D eigenvalue weighted by molar-refractivity contribution is 5.79. The maximum Gasteiger partial charge on any atom is 0.166 e. The van der Waals surface area contributed by atoms with Gasteiger partial charge in [-0.25, -0.2) is 0 Å². The topological polar surface area (TPSA) is 79.8 Å². The third-order valence-electron chi connectivity index (χ3n) is 3.69. The van der Waals surface area contributed by atoms with Gasteiger partial charge in [0.05, 0.1) is 5.69 Å². The van der Waals surface area contributed by atoms with E-state index >= 15 is 0 Å². The van der Waals surface area contributed by atoms with Crippen molar-refractivity contribution in [3.63, 3.8) is 0 Å². The first-order valence-corrected chi connectivity index (χ1v) is 6.18. The van der Waals surface area contributed by atoms with Gasteiger partial charge in [-0.2, -0.15) is 0 Å². The summed E-state index contributed by atoms with van der Waals surface area (Å²) in [6.45, 7) is 0. The van der Waals surface area contributed by atoms with Crippen LogP contribution in [0.4, 0.5) is 17.2 Å². The van der Waals surface area contributed by atoms with Crippen LogP contribution in [-0.4, -0.2) is 35.6 Å². The van der Waals surface area contributed by atoms with Crippen molar-refractivity contribution in [3.8, 4) is 5.75 Å². The Morgan fingerprint density at radius 1 is 1.40 bits per heavy atom. The fraction of sp³-hybridized carbons (Fsp3) is 0.214. The molecule has 0 amide bonds. The van der Waals surface area contributed by atoms with Crippen LogP contribution in [0.2, 0.25) is 0 Å². The van der Waals surface area contributed by atoms with Gasteiger partial charge in [0.25, 0.3) is 0 Å². The van der Waals surface area contributed by atoms with E-state index < -0.39 is 6.23 Å². The molecule has 1 unspecified atom stereocenters. The Bertz CT molecular complexity index is 680. The Kier molecular flexibility index (Phi) is 2.69. The molecule has 6 nitrogen and oxygen atoms in total. The molecule has 2 aromatic rings. The van der Waals surface area contributed by atoms with E-state index in [4.69, 9.17) is 0 Å². The molecule has 1 aliphatic heterocycles. The second-order valence-corrected chi connectivity index (χ2v) is 4.86. The zero-order valence-corrected chi connectivity index (χ0v) is 11.2. The normalized spacial score (nSPS) is 16.6. The number of anilines is 3. The third kappa shape index (κ3) is 1.65. The van der Waals surface area contributed by atoms with E-state index in [2.05, 4.69) is 4.98 Å². The van der Waals surface area contributed by atoms with Gasteiger partial charge in [0.1, 0.15) is 0 Å². The Balaban J connectivity index is 1.96. The summed E-state index contributed by atoms with van der Waals surface area (Å²) in [6, 6.07) is 7.02. The number of hydrogen-bond acceptors (Lipinski definition) is 5. The number of aromatic nitrogens is 1. The monoisotopic (exact) mass is 273 g/mol. The van der Waals surface area contributed by atoms with Gasteiger partial charge in [0.2, 0.25) is 0 Å². The molecular formula is C14H15N3O3. The average Bonchev–Trinajstić information content (AvgIpc) is 2.86. The van der Waals surface area contributed by atoms with Crippen LogP contribution >= 0.6 is 0 Å². The molecule has 0 saturated heterocycles. The molecule has 0 spiro atoms. The van der Waals surface area contributed by atoms with Crippen molar-refractivity contribution in [2.45, 2.75) is 6.23 Å². The zero-order chi connectivity index (χ0) is 14.4. The lowest BCUT2D eigenvalue weighted by Gasteiger charge is -2.39. The molecule has 0 bridgehead atoms. The summed E-state index contributed by atoms with van der Waals surface area (Å²) < 4.78 is 0. The van der Waals surface area contributed by atoms with Crippen molar-refractivity contribution in [2.24, 2.45) is 0 Å². The Hall–Kier alpha value is -2.47. The number of carbonyl (C=O) groups excluding carboxylic acids is 1. The summed E-state index contributed by atoms with van der Waals surface area (Å²) in [4.78, 5) is 17.1. The molecule has 104 valence electrons. The highest BCUT2D eigenvalue weighted by Gasteiger charge is 2.30. The molecular weight excluding hydrogens is 258 g/mol. The molecule has 3 rings (SSSR count). The molecule has 0 radical (unpaired) electrons. The standard InChI is InChI=1S/C14H15N3O3/c1-16(13-12(19)5-8(7-18)15-13)9-3-4-10-11(6-9)17(2)14(10)20/h3-7,14-15,19-20H,1-2H3. The maximum absolute atomic E-state index is 10.7. The number of aliphatic hydroxyl groups is 1. The van der Waals surface area contributed by atoms with Crippen LogP contribution in [0.15, 0.2) is 24.3 Å². The maximum atomic E-state index is 10.7. The minimum atomic E-state index is -0.551. The van der Waals surface area contributed by atoms with Crippen LogP contribution in [0.5, 0.6) is 5.75 Å². The zero-order valence-electron chi connectivity index (χ0n) is 11.2. The molecule has 1 aliphatic rings. The van der Waals surface area contributed by atoms with Gasteiger partial charge in [-0.1, -0.05) is 6.07 Å². The molecule has 1 aromatic carbocycles. The van der Waals surface area contributed by atoms with E-state index in [0.29, 0.717) is 17.8 Å². The second-order valence-electron chi connectivity index (χ2n) is 4.86. The molecule has 0 aliphatic carbocycles. The van der Waals surface area contributed by atoms with Gasteiger partial charge in [-0.3, -0.25) is 4.79 Å². The summed E-state index contributed by atoms with van der Waals surface area (Å²) in [6.07, 6.45) is 0.101. The van der Waals surface area contributed by atoms with Gasteiger partial charge < -0.3 is 25.0 Å². The quantitative estimate of drug-likeness (QED) is 0.742. The van der Waals surface area contributed by atoms with Crippen LogP contribution in [0.25, 0.3) is 0 Å². The summed E-state index contributed by atoms with van der Waals surface area (Å²) >= 11 is 0. The van der Waals surface area contributed by atoms with Crippen LogP contribution in [-0.2, 0) is 0 Å². The number of rotatable bonds is 3. The van der Waals surface area contributed by atoms with E-state index in [1.165, 1.54) is 6.07 Å². The molecule has 20 heavy (non-hydrogen) atoms. The molecule has 0 fully saturated rings. The lowest BCUT2D eigenvalue weighted by Crippen LogP contribution is -2.34. The van der Waals surface area contributed by atoms with E-state index in [0.717, 1.165) is 16.9 Å². The Morgan fingerprint density at radius 3 is 2.80 bits per heavy atom. The first-order valence-electron chi connectivity index (χ1n) is 6.18. The van der Waals surface area contributed by atoms with E-state index in [1.807, 2.05) is 25.2 Å². The summed E-state index contributed by atoms with van der Waals surface area (Å²) in [7, 11) is 3.60. The molecule has 0 saturated carbocycles. The van der Waals surface area contributed by atoms with Crippen molar-refractivity contribution < 1.29 is 15.0 Å². The fourth-order valence-corrected chi connectivity index (χ4v) is 2.44. The smallest absolute Gasteiger partial charge is 0.166 e. The van der Waals surface area contributed by atoms with Crippen LogP contribution < -0.4 is 9.80 Å². The van der Waals surface area contributed by atoms with E-state index in [1.54, 1.807) is 16.8 Å². The average molecular weight is 273 g/mol. The number of aldehydes is 1. The lowest BCUT2D eigenvalue weighted by atomic mass is 10.0. The number of nitrogens with zero attached hydrogens (tertiary/aromatic N) is 2. The third-order valence-corrected chi connectivity index (χ3v) is 3.69. The van der Waals surface area contributed by atoms with Gasteiger partial charge in [0, 0.05) is 37.1 Å². The van der Waals surface area contributed by atoms with Crippen LogP contribution in [0.1, 0.15) is 22.3 Å². The van der Waals surface area contributed by atoms with Crippen molar-refractivity contribution >= 4 is 23.5 Å². The van der Waals surface area contributed by atoms with Crippen molar-refractivity contribution in [3.05, 3.63) is 35.5 Å². The molecule has 3 N–H and O–H groups in total. The molecule has 1 atom stereocenters. The van der Waals surface area contributed by atoms with Crippen LogP contribution in [0, 0.1) is 0 Å². The number of aromatic amines is 1. The van der Waals surface area contributed by atoms with Gasteiger partial charge >= 0.3 is 0 Å². The predicted molar refractivity (Wildman–Crippen MR) is 75.7 cm³/mol. The van der Waals surface area contributed by atoms with Crippen molar-refractivity contribution in [1.82, 2.24) is 4.98 Å². The number of benzene rings is 1. The number of carbonyl (C=O) groups is 1. The summed E-state index contributed by atoms with van der Waals surface area (Å²) in [5.74, 6) is 0.472. The van der Waals surface area contributed by atoms with E-state index in [-0.39, 0.29) is 5.75 Å². The van der Waals surface area contributed by atoms with Crippen LogP contribution in [0.3, 0.4) is 0 Å².